The minimum Gasteiger partial charge on any atom is -0.494 e. The van der Waals surface area contributed by atoms with Crippen molar-refractivity contribution in [1.29, 1.82) is 0 Å². The van der Waals surface area contributed by atoms with Crippen molar-refractivity contribution in [3.05, 3.63) is 60.2 Å². The third kappa shape index (κ3) is 6.67. The fourth-order valence-corrected chi connectivity index (χ4v) is 2.26. The van der Waals surface area contributed by atoms with Crippen LogP contribution in [-0.2, 0) is 16.0 Å². The molecule has 0 heterocycles. The van der Waals surface area contributed by atoms with Crippen molar-refractivity contribution in [2.24, 2.45) is 0 Å². The quantitative estimate of drug-likeness (QED) is 0.573. The third-order valence-electron chi connectivity index (χ3n) is 3.56. The first-order valence-corrected chi connectivity index (χ1v) is 8.55. The van der Waals surface area contributed by atoms with Crippen LogP contribution in [0.1, 0.15) is 25.3 Å². The van der Waals surface area contributed by atoms with Crippen LogP contribution in [0.4, 0.5) is 5.69 Å². The predicted octanol–water partition coefficient (Wildman–Crippen LogP) is 3.16. The first-order valence-electron chi connectivity index (χ1n) is 8.55. The van der Waals surface area contributed by atoms with E-state index in [4.69, 9.17) is 4.74 Å². The van der Waals surface area contributed by atoms with Gasteiger partial charge in [-0.05, 0) is 49.1 Å². The van der Waals surface area contributed by atoms with Gasteiger partial charge in [-0.25, -0.2) is 0 Å². The summed E-state index contributed by atoms with van der Waals surface area (Å²) in [4.78, 5) is 23.7. The second-order valence-corrected chi connectivity index (χ2v) is 5.67. The summed E-state index contributed by atoms with van der Waals surface area (Å²) in [5, 5.41) is 5.21. The molecule has 2 N–H and O–H groups in total. The van der Waals surface area contributed by atoms with Gasteiger partial charge in [-0.2, -0.15) is 0 Å². The van der Waals surface area contributed by atoms with E-state index in [9.17, 15) is 9.59 Å². The number of aryl methyl sites for hydroxylation is 1. The number of ether oxygens (including phenoxy) is 1. The average molecular weight is 340 g/mol. The van der Waals surface area contributed by atoms with E-state index < -0.39 is 11.8 Å². The molecule has 0 aliphatic heterocycles. The van der Waals surface area contributed by atoms with Crippen LogP contribution in [0.3, 0.4) is 0 Å². The van der Waals surface area contributed by atoms with Crippen LogP contribution in [0, 0.1) is 0 Å². The number of carbonyl (C=O) groups is 2. The lowest BCUT2D eigenvalue weighted by molar-refractivity contribution is -0.136. The van der Waals surface area contributed by atoms with E-state index in [0.717, 1.165) is 25.0 Å². The molecule has 25 heavy (non-hydrogen) atoms. The molecule has 2 amide bonds. The molecule has 0 spiro atoms. The Hall–Kier alpha value is -2.82. The van der Waals surface area contributed by atoms with Crippen LogP contribution in [-0.4, -0.2) is 25.0 Å². The number of amides is 2. The van der Waals surface area contributed by atoms with Gasteiger partial charge < -0.3 is 15.4 Å². The third-order valence-corrected chi connectivity index (χ3v) is 3.56. The van der Waals surface area contributed by atoms with E-state index >= 15 is 0 Å². The highest BCUT2D eigenvalue weighted by Crippen LogP contribution is 2.15. The Labute approximate surface area is 148 Å². The summed E-state index contributed by atoms with van der Waals surface area (Å²) in [6, 6.07) is 17.0. The molecular formula is C20H24N2O3. The molecule has 0 saturated carbocycles. The molecular weight excluding hydrogens is 316 g/mol. The van der Waals surface area contributed by atoms with Crippen molar-refractivity contribution >= 4 is 17.5 Å². The van der Waals surface area contributed by atoms with Gasteiger partial charge in [-0.3, -0.25) is 9.59 Å². The van der Waals surface area contributed by atoms with Gasteiger partial charge in [0.15, 0.2) is 0 Å². The van der Waals surface area contributed by atoms with E-state index in [0.29, 0.717) is 18.8 Å². The van der Waals surface area contributed by atoms with Crippen LogP contribution in [0.25, 0.3) is 0 Å². The Bertz CT molecular complexity index is 669. The Balaban J connectivity index is 1.70. The molecule has 0 saturated heterocycles. The molecule has 2 rings (SSSR count). The number of anilines is 1. The van der Waals surface area contributed by atoms with Crippen molar-refractivity contribution in [2.75, 3.05) is 18.5 Å². The summed E-state index contributed by atoms with van der Waals surface area (Å²) in [5.41, 5.74) is 1.78. The molecule has 0 aliphatic rings. The minimum absolute atomic E-state index is 0.463. The molecule has 0 aliphatic carbocycles. The fourth-order valence-electron chi connectivity index (χ4n) is 2.26. The second kappa shape index (κ2) is 10.1. The molecule has 0 unspecified atom stereocenters. The number of hydrogen-bond donors (Lipinski definition) is 2. The van der Waals surface area contributed by atoms with Crippen LogP contribution in [0.2, 0.25) is 0 Å². The lowest BCUT2D eigenvalue weighted by Crippen LogP contribution is -2.36. The molecule has 0 aromatic heterocycles. The maximum Gasteiger partial charge on any atom is 0.313 e. The lowest BCUT2D eigenvalue weighted by atomic mass is 10.1. The van der Waals surface area contributed by atoms with Crippen molar-refractivity contribution in [2.45, 2.75) is 26.2 Å². The first-order chi connectivity index (χ1) is 12.2. The molecule has 0 atom stereocenters. The molecule has 132 valence electrons. The maximum atomic E-state index is 11.9. The van der Waals surface area contributed by atoms with Crippen molar-refractivity contribution in [1.82, 2.24) is 5.32 Å². The molecule has 2 aromatic carbocycles. The molecule has 2 aromatic rings. The van der Waals surface area contributed by atoms with Gasteiger partial charge >= 0.3 is 11.8 Å². The number of hydrogen-bond acceptors (Lipinski definition) is 3. The zero-order valence-electron chi connectivity index (χ0n) is 14.5. The largest absolute Gasteiger partial charge is 0.494 e. The minimum atomic E-state index is -0.665. The van der Waals surface area contributed by atoms with Crippen LogP contribution < -0.4 is 15.4 Å². The summed E-state index contributed by atoms with van der Waals surface area (Å²) >= 11 is 0. The van der Waals surface area contributed by atoms with Crippen LogP contribution in [0.5, 0.6) is 5.75 Å². The van der Waals surface area contributed by atoms with Gasteiger partial charge in [0.25, 0.3) is 0 Å². The second-order valence-electron chi connectivity index (χ2n) is 5.67. The first kappa shape index (κ1) is 18.5. The van der Waals surface area contributed by atoms with Gasteiger partial charge in [0.05, 0.1) is 6.61 Å². The Kier molecular flexibility index (Phi) is 7.50. The summed E-state index contributed by atoms with van der Waals surface area (Å²) < 4.78 is 5.47. The fraction of sp³-hybridized carbons (Fsp3) is 0.300. The number of carbonyl (C=O) groups excluding carboxylic acids is 2. The van der Waals surface area contributed by atoms with Crippen LogP contribution >= 0.6 is 0 Å². The van der Waals surface area contributed by atoms with E-state index in [1.54, 1.807) is 24.3 Å². The van der Waals surface area contributed by atoms with Crippen LogP contribution in [0.15, 0.2) is 54.6 Å². The molecule has 5 nitrogen and oxygen atoms in total. The number of nitrogens with one attached hydrogen (secondary N) is 2. The van der Waals surface area contributed by atoms with Gasteiger partial charge in [-0.1, -0.05) is 37.3 Å². The zero-order valence-corrected chi connectivity index (χ0v) is 14.5. The van der Waals surface area contributed by atoms with E-state index in [1.165, 1.54) is 5.56 Å². The Morgan fingerprint density at radius 3 is 2.36 bits per heavy atom. The standard InChI is InChI=1S/C20H24N2O3/c1-2-15-25-18-12-10-17(11-13-18)22-20(24)19(23)21-14-6-9-16-7-4-3-5-8-16/h3-5,7-8,10-13H,2,6,9,14-15H2,1H3,(H,21,23)(H,22,24). The summed E-state index contributed by atoms with van der Waals surface area (Å²) in [6.45, 7) is 3.15. The van der Waals surface area contributed by atoms with Gasteiger partial charge in [-0.15, -0.1) is 0 Å². The normalized spacial score (nSPS) is 10.1. The smallest absolute Gasteiger partial charge is 0.313 e. The molecule has 0 radical (unpaired) electrons. The maximum absolute atomic E-state index is 11.9. The predicted molar refractivity (Wildman–Crippen MR) is 98.6 cm³/mol. The van der Waals surface area contributed by atoms with Crippen molar-refractivity contribution in [3.63, 3.8) is 0 Å². The Morgan fingerprint density at radius 1 is 0.960 bits per heavy atom. The zero-order chi connectivity index (χ0) is 17.9. The monoisotopic (exact) mass is 340 g/mol. The summed E-state index contributed by atoms with van der Waals surface area (Å²) in [6.07, 6.45) is 2.58. The van der Waals surface area contributed by atoms with E-state index in [2.05, 4.69) is 10.6 Å². The number of rotatable bonds is 8. The van der Waals surface area contributed by atoms with E-state index in [1.807, 2.05) is 37.3 Å². The van der Waals surface area contributed by atoms with Crippen molar-refractivity contribution in [3.8, 4) is 5.75 Å². The SMILES string of the molecule is CCCOc1ccc(NC(=O)C(=O)NCCCc2ccccc2)cc1. The highest BCUT2D eigenvalue weighted by Gasteiger charge is 2.12. The molecule has 0 fully saturated rings. The highest BCUT2D eigenvalue weighted by atomic mass is 16.5. The number of benzene rings is 2. The topological polar surface area (TPSA) is 67.4 Å². The highest BCUT2D eigenvalue weighted by molar-refractivity contribution is 6.39. The van der Waals surface area contributed by atoms with Gasteiger partial charge in [0.1, 0.15) is 5.75 Å². The van der Waals surface area contributed by atoms with Gasteiger partial charge in [0.2, 0.25) is 0 Å². The lowest BCUT2D eigenvalue weighted by Gasteiger charge is -2.08. The molecule has 5 heteroatoms. The Morgan fingerprint density at radius 2 is 1.68 bits per heavy atom. The van der Waals surface area contributed by atoms with Crippen molar-refractivity contribution < 1.29 is 14.3 Å². The van der Waals surface area contributed by atoms with Gasteiger partial charge in [0, 0.05) is 12.2 Å². The molecule has 0 bridgehead atoms. The van der Waals surface area contributed by atoms with E-state index in [-0.39, 0.29) is 0 Å². The summed E-state index contributed by atoms with van der Waals surface area (Å²) in [7, 11) is 0. The summed E-state index contributed by atoms with van der Waals surface area (Å²) in [5.74, 6) is -0.550. The average Bonchev–Trinajstić information content (AvgIpc) is 2.65.